The van der Waals surface area contributed by atoms with E-state index >= 15 is 0 Å². The van der Waals surface area contributed by atoms with Crippen molar-refractivity contribution in [2.45, 2.75) is 25.0 Å². The molecule has 1 aliphatic rings. The zero-order valence-corrected chi connectivity index (χ0v) is 12.3. The lowest BCUT2D eigenvalue weighted by Crippen LogP contribution is -2.30. The van der Waals surface area contributed by atoms with Crippen LogP contribution in [0.4, 0.5) is 11.4 Å². The van der Waals surface area contributed by atoms with Gasteiger partial charge in [0.05, 0.1) is 16.9 Å². The molecule has 4 nitrogen and oxygen atoms in total. The molecule has 5 heteroatoms. The van der Waals surface area contributed by atoms with E-state index < -0.39 is 5.91 Å². The van der Waals surface area contributed by atoms with Crippen LogP contribution in [-0.4, -0.2) is 29.5 Å². The number of thioether (sulfide) groups is 1. The molecule has 1 aliphatic heterocycles. The standard InChI is InChI=1S/C14H21N3OS/c1-14(2)6-7-17(8-9-19-14)12-10(13(16)18)4-3-5-11(12)15/h3-5H,6-9,15H2,1-2H3,(H2,16,18). The molecule has 0 aliphatic carbocycles. The summed E-state index contributed by atoms with van der Waals surface area (Å²) < 4.78 is 0.269. The number of rotatable bonds is 2. The van der Waals surface area contributed by atoms with E-state index in [0.717, 1.165) is 31.0 Å². The molecule has 1 fully saturated rings. The Morgan fingerprint density at radius 1 is 1.37 bits per heavy atom. The molecular weight excluding hydrogens is 258 g/mol. The number of anilines is 2. The Morgan fingerprint density at radius 3 is 2.79 bits per heavy atom. The predicted molar refractivity (Wildman–Crippen MR) is 82.7 cm³/mol. The summed E-state index contributed by atoms with van der Waals surface area (Å²) in [4.78, 5) is 13.8. The van der Waals surface area contributed by atoms with Crippen LogP contribution >= 0.6 is 11.8 Å². The van der Waals surface area contributed by atoms with E-state index in [2.05, 4.69) is 18.7 Å². The molecule has 1 amide bonds. The molecule has 0 radical (unpaired) electrons. The lowest BCUT2D eigenvalue weighted by molar-refractivity contribution is 0.100. The van der Waals surface area contributed by atoms with Crippen LogP contribution in [0.1, 0.15) is 30.6 Å². The summed E-state index contributed by atoms with van der Waals surface area (Å²) >= 11 is 1.96. The molecule has 1 aromatic carbocycles. The van der Waals surface area contributed by atoms with Crippen LogP contribution in [-0.2, 0) is 0 Å². The molecule has 0 atom stereocenters. The second kappa shape index (κ2) is 5.33. The van der Waals surface area contributed by atoms with E-state index in [9.17, 15) is 4.79 Å². The van der Waals surface area contributed by atoms with Gasteiger partial charge in [-0.3, -0.25) is 4.79 Å². The van der Waals surface area contributed by atoms with Crippen LogP contribution in [0.2, 0.25) is 0 Å². The van der Waals surface area contributed by atoms with Gasteiger partial charge >= 0.3 is 0 Å². The van der Waals surface area contributed by atoms with Crippen LogP contribution in [0.15, 0.2) is 18.2 Å². The zero-order valence-electron chi connectivity index (χ0n) is 11.5. The smallest absolute Gasteiger partial charge is 0.250 e. The number of para-hydroxylation sites is 1. The van der Waals surface area contributed by atoms with E-state index in [0.29, 0.717) is 11.3 Å². The number of carbonyl (C=O) groups excluding carboxylic acids is 1. The largest absolute Gasteiger partial charge is 0.397 e. The number of nitrogen functional groups attached to an aromatic ring is 1. The average molecular weight is 279 g/mol. The minimum absolute atomic E-state index is 0.269. The minimum atomic E-state index is -0.418. The topological polar surface area (TPSA) is 72.3 Å². The summed E-state index contributed by atoms with van der Waals surface area (Å²) in [7, 11) is 0. The van der Waals surface area contributed by atoms with Gasteiger partial charge in [0.25, 0.3) is 5.91 Å². The van der Waals surface area contributed by atoms with Gasteiger partial charge in [-0.15, -0.1) is 0 Å². The van der Waals surface area contributed by atoms with Crippen LogP contribution in [0.3, 0.4) is 0 Å². The maximum Gasteiger partial charge on any atom is 0.250 e. The summed E-state index contributed by atoms with van der Waals surface area (Å²) in [5, 5.41) is 0. The lowest BCUT2D eigenvalue weighted by Gasteiger charge is -2.27. The fraction of sp³-hybridized carbons (Fsp3) is 0.500. The van der Waals surface area contributed by atoms with Crippen LogP contribution < -0.4 is 16.4 Å². The van der Waals surface area contributed by atoms with E-state index in [1.807, 2.05) is 17.8 Å². The number of nitrogens with zero attached hydrogens (tertiary/aromatic N) is 1. The number of hydrogen-bond acceptors (Lipinski definition) is 4. The highest BCUT2D eigenvalue weighted by molar-refractivity contribution is 8.00. The zero-order chi connectivity index (χ0) is 14.0. The summed E-state index contributed by atoms with van der Waals surface area (Å²) in [6, 6.07) is 5.34. The molecule has 0 saturated carbocycles. The monoisotopic (exact) mass is 279 g/mol. The van der Waals surface area contributed by atoms with E-state index in [1.54, 1.807) is 12.1 Å². The van der Waals surface area contributed by atoms with Gasteiger partial charge in [0, 0.05) is 23.6 Å². The Hall–Kier alpha value is -1.36. The van der Waals surface area contributed by atoms with Crippen LogP contribution in [0.25, 0.3) is 0 Å². The Labute approximate surface area is 118 Å². The van der Waals surface area contributed by atoms with Gasteiger partial charge in [-0.25, -0.2) is 0 Å². The number of carbonyl (C=O) groups is 1. The summed E-state index contributed by atoms with van der Waals surface area (Å²) in [6.45, 7) is 6.30. The van der Waals surface area contributed by atoms with Crippen molar-refractivity contribution in [3.05, 3.63) is 23.8 Å². The molecule has 1 heterocycles. The van der Waals surface area contributed by atoms with Crippen LogP contribution in [0.5, 0.6) is 0 Å². The first kappa shape index (κ1) is 14.1. The number of hydrogen-bond donors (Lipinski definition) is 2. The van der Waals surface area contributed by atoms with Gasteiger partial charge in [-0.05, 0) is 18.6 Å². The van der Waals surface area contributed by atoms with Crippen molar-refractivity contribution in [3.63, 3.8) is 0 Å². The fourth-order valence-electron chi connectivity index (χ4n) is 2.36. The van der Waals surface area contributed by atoms with Crippen molar-refractivity contribution < 1.29 is 4.79 Å². The Kier molecular flexibility index (Phi) is 3.94. The maximum absolute atomic E-state index is 11.6. The molecule has 0 spiro atoms. The average Bonchev–Trinajstić information content (AvgIpc) is 2.50. The van der Waals surface area contributed by atoms with Crippen LogP contribution in [0, 0.1) is 0 Å². The number of benzene rings is 1. The molecule has 0 bridgehead atoms. The van der Waals surface area contributed by atoms with Crippen molar-refractivity contribution in [2.75, 3.05) is 29.5 Å². The lowest BCUT2D eigenvalue weighted by atomic mass is 10.1. The van der Waals surface area contributed by atoms with Crippen molar-refractivity contribution in [1.82, 2.24) is 0 Å². The van der Waals surface area contributed by atoms with Gasteiger partial charge in [-0.2, -0.15) is 11.8 Å². The quantitative estimate of drug-likeness (QED) is 0.813. The summed E-state index contributed by atoms with van der Waals surface area (Å²) in [5.74, 6) is 0.609. The SMILES string of the molecule is CC1(C)CCN(c2c(N)cccc2C(N)=O)CCS1. The van der Waals surface area contributed by atoms with Crippen molar-refractivity contribution in [3.8, 4) is 0 Å². The van der Waals surface area contributed by atoms with Gasteiger partial charge in [-0.1, -0.05) is 19.9 Å². The normalized spacial score (nSPS) is 18.9. The summed E-state index contributed by atoms with van der Waals surface area (Å²) in [6.07, 6.45) is 1.06. The molecule has 104 valence electrons. The number of primary amides is 1. The van der Waals surface area contributed by atoms with E-state index in [-0.39, 0.29) is 4.75 Å². The van der Waals surface area contributed by atoms with E-state index in [4.69, 9.17) is 11.5 Å². The highest BCUT2D eigenvalue weighted by Crippen LogP contribution is 2.35. The first-order chi connectivity index (χ1) is 8.91. The van der Waals surface area contributed by atoms with Gasteiger partial charge < -0.3 is 16.4 Å². The molecule has 4 N–H and O–H groups in total. The second-order valence-electron chi connectivity index (χ2n) is 5.45. The third kappa shape index (κ3) is 3.15. The maximum atomic E-state index is 11.6. The van der Waals surface area contributed by atoms with Gasteiger partial charge in [0.15, 0.2) is 0 Å². The molecular formula is C14H21N3OS. The van der Waals surface area contributed by atoms with Crippen molar-refractivity contribution in [2.24, 2.45) is 5.73 Å². The molecule has 2 rings (SSSR count). The molecule has 19 heavy (non-hydrogen) atoms. The van der Waals surface area contributed by atoms with Gasteiger partial charge in [0.2, 0.25) is 0 Å². The molecule has 0 unspecified atom stereocenters. The second-order valence-corrected chi connectivity index (χ2v) is 7.25. The predicted octanol–water partition coefficient (Wildman–Crippen LogP) is 2.09. The Morgan fingerprint density at radius 2 is 2.11 bits per heavy atom. The first-order valence-corrected chi connectivity index (χ1v) is 7.46. The van der Waals surface area contributed by atoms with Gasteiger partial charge in [0.1, 0.15) is 0 Å². The Bertz CT molecular complexity index is 488. The first-order valence-electron chi connectivity index (χ1n) is 6.48. The fourth-order valence-corrected chi connectivity index (χ4v) is 3.46. The molecule has 0 aromatic heterocycles. The third-order valence-corrected chi connectivity index (χ3v) is 4.86. The molecule has 1 saturated heterocycles. The van der Waals surface area contributed by atoms with E-state index in [1.165, 1.54) is 0 Å². The minimum Gasteiger partial charge on any atom is -0.397 e. The van der Waals surface area contributed by atoms with Crippen molar-refractivity contribution >= 4 is 29.0 Å². The summed E-state index contributed by atoms with van der Waals surface area (Å²) in [5.41, 5.74) is 13.5. The highest BCUT2D eigenvalue weighted by atomic mass is 32.2. The number of nitrogens with two attached hydrogens (primary N) is 2. The molecule has 1 aromatic rings. The highest BCUT2D eigenvalue weighted by Gasteiger charge is 2.26. The third-order valence-electron chi connectivity index (χ3n) is 3.49. The van der Waals surface area contributed by atoms with Crippen molar-refractivity contribution in [1.29, 1.82) is 0 Å². The Balaban J connectivity index is 2.33. The number of amides is 1.